The van der Waals surface area contributed by atoms with Gasteiger partial charge >= 0.3 is 0 Å². The van der Waals surface area contributed by atoms with Crippen molar-refractivity contribution >= 4 is 22.9 Å². The third kappa shape index (κ3) is 3.00. The van der Waals surface area contributed by atoms with Gasteiger partial charge in [0.15, 0.2) is 0 Å². The lowest BCUT2D eigenvalue weighted by atomic mass is 10.1. The molecular formula is C11H14N2O2S. The number of carbonyl (C=O) groups is 2. The van der Waals surface area contributed by atoms with E-state index in [2.05, 4.69) is 0 Å². The maximum absolute atomic E-state index is 11.5. The molecule has 0 heterocycles. The molecule has 1 aromatic carbocycles. The minimum atomic E-state index is -0.487. The third-order valence-corrected chi connectivity index (χ3v) is 3.23. The van der Waals surface area contributed by atoms with Gasteiger partial charge in [0.05, 0.1) is 0 Å². The summed E-state index contributed by atoms with van der Waals surface area (Å²) >= 11 is 1.09. The summed E-state index contributed by atoms with van der Waals surface area (Å²) in [5.74, 6) is -0.487. The van der Waals surface area contributed by atoms with Crippen LogP contribution in [0.5, 0.6) is 0 Å². The molecule has 5 heteroatoms. The molecule has 1 aromatic rings. The highest BCUT2D eigenvalue weighted by Gasteiger charge is 2.11. The van der Waals surface area contributed by atoms with Gasteiger partial charge in [-0.15, -0.1) is 0 Å². The molecular weight excluding hydrogens is 224 g/mol. The molecule has 0 saturated carbocycles. The summed E-state index contributed by atoms with van der Waals surface area (Å²) in [7, 11) is 3.37. The van der Waals surface area contributed by atoms with Crippen LogP contribution in [-0.2, 0) is 0 Å². The van der Waals surface area contributed by atoms with Gasteiger partial charge in [0, 0.05) is 24.6 Å². The molecule has 0 saturated heterocycles. The van der Waals surface area contributed by atoms with Crippen LogP contribution in [0, 0.1) is 6.92 Å². The van der Waals surface area contributed by atoms with Crippen molar-refractivity contribution in [2.24, 2.45) is 5.73 Å². The summed E-state index contributed by atoms with van der Waals surface area (Å²) in [6.45, 7) is 1.88. The summed E-state index contributed by atoms with van der Waals surface area (Å²) in [5, 5.41) is -0.0790. The topological polar surface area (TPSA) is 63.4 Å². The van der Waals surface area contributed by atoms with Crippen LogP contribution in [0.1, 0.15) is 15.9 Å². The molecule has 4 nitrogen and oxygen atoms in total. The fourth-order valence-electron chi connectivity index (χ4n) is 1.05. The van der Waals surface area contributed by atoms with Crippen LogP contribution in [0.25, 0.3) is 0 Å². The normalized spacial score (nSPS) is 9.94. The van der Waals surface area contributed by atoms with Crippen molar-refractivity contribution in [3.63, 3.8) is 0 Å². The Bertz CT molecular complexity index is 430. The zero-order chi connectivity index (χ0) is 12.3. The number of hydrogen-bond acceptors (Lipinski definition) is 3. The Hall–Kier alpha value is -1.49. The number of benzene rings is 1. The van der Waals surface area contributed by atoms with Crippen LogP contribution >= 0.6 is 11.8 Å². The van der Waals surface area contributed by atoms with E-state index in [-0.39, 0.29) is 5.24 Å². The highest BCUT2D eigenvalue weighted by Crippen LogP contribution is 2.25. The zero-order valence-electron chi connectivity index (χ0n) is 9.48. The van der Waals surface area contributed by atoms with E-state index in [1.165, 1.54) is 4.90 Å². The Morgan fingerprint density at radius 3 is 2.44 bits per heavy atom. The van der Waals surface area contributed by atoms with Gasteiger partial charge < -0.3 is 10.6 Å². The van der Waals surface area contributed by atoms with Crippen molar-refractivity contribution < 1.29 is 9.59 Å². The van der Waals surface area contributed by atoms with Gasteiger partial charge in [-0.1, -0.05) is 6.07 Å². The minimum Gasteiger partial charge on any atom is -0.366 e. The highest BCUT2D eigenvalue weighted by molar-refractivity contribution is 8.13. The summed E-state index contributed by atoms with van der Waals surface area (Å²) in [6.07, 6.45) is 0. The molecule has 1 rings (SSSR count). The second kappa shape index (κ2) is 5.03. The van der Waals surface area contributed by atoms with Gasteiger partial charge in [-0.05, 0) is 36.4 Å². The van der Waals surface area contributed by atoms with E-state index >= 15 is 0 Å². The molecule has 0 fully saturated rings. The molecule has 16 heavy (non-hydrogen) atoms. The van der Waals surface area contributed by atoms with Crippen LogP contribution in [0.3, 0.4) is 0 Å². The summed E-state index contributed by atoms with van der Waals surface area (Å²) in [5.41, 5.74) is 6.55. The Labute approximate surface area is 98.8 Å². The van der Waals surface area contributed by atoms with Gasteiger partial charge in [0.25, 0.3) is 5.24 Å². The average Bonchev–Trinajstić information content (AvgIpc) is 2.20. The van der Waals surface area contributed by atoms with Gasteiger partial charge in [0.2, 0.25) is 5.91 Å². The zero-order valence-corrected chi connectivity index (χ0v) is 10.3. The number of nitrogens with two attached hydrogens (primary N) is 1. The quantitative estimate of drug-likeness (QED) is 0.800. The Morgan fingerprint density at radius 2 is 1.94 bits per heavy atom. The van der Waals surface area contributed by atoms with Crippen LogP contribution in [-0.4, -0.2) is 30.1 Å². The van der Waals surface area contributed by atoms with Crippen molar-refractivity contribution in [2.45, 2.75) is 11.8 Å². The lowest BCUT2D eigenvalue weighted by molar-refractivity contribution is 0.1000. The molecule has 0 unspecified atom stereocenters. The Kier molecular flexibility index (Phi) is 3.95. The van der Waals surface area contributed by atoms with Gasteiger partial charge in [0.1, 0.15) is 0 Å². The molecule has 0 radical (unpaired) electrons. The number of thioether (sulfide) groups is 1. The summed E-state index contributed by atoms with van der Waals surface area (Å²) in [6, 6.07) is 5.08. The van der Waals surface area contributed by atoms with E-state index in [0.717, 1.165) is 22.2 Å². The summed E-state index contributed by atoms with van der Waals surface area (Å²) in [4.78, 5) is 24.8. The smallest absolute Gasteiger partial charge is 0.285 e. The Balaban J connectivity index is 2.99. The van der Waals surface area contributed by atoms with E-state index in [4.69, 9.17) is 5.73 Å². The maximum Gasteiger partial charge on any atom is 0.285 e. The van der Waals surface area contributed by atoms with E-state index < -0.39 is 5.91 Å². The largest absolute Gasteiger partial charge is 0.366 e. The number of primary amides is 1. The van der Waals surface area contributed by atoms with E-state index in [0.29, 0.717) is 5.56 Å². The number of rotatable bonds is 2. The predicted octanol–water partition coefficient (Wildman–Crippen LogP) is 1.87. The number of aryl methyl sites for hydroxylation is 1. The molecule has 0 atom stereocenters. The average molecular weight is 238 g/mol. The standard InChI is InChI=1S/C11H14N2O2S/c1-7-4-5-8(10(12)14)6-9(7)16-11(15)13(2)3/h4-6H,1-3H3,(H2,12,14). The van der Waals surface area contributed by atoms with Crippen molar-refractivity contribution in [2.75, 3.05) is 14.1 Å². The molecule has 0 aliphatic rings. The SMILES string of the molecule is Cc1ccc(C(N)=O)cc1SC(=O)N(C)C. The molecule has 2 amide bonds. The maximum atomic E-state index is 11.5. The fourth-order valence-corrected chi connectivity index (χ4v) is 1.83. The van der Waals surface area contributed by atoms with Crippen LogP contribution in [0.2, 0.25) is 0 Å². The van der Waals surface area contributed by atoms with E-state index in [1.54, 1.807) is 32.3 Å². The van der Waals surface area contributed by atoms with Crippen molar-refractivity contribution in [3.05, 3.63) is 29.3 Å². The van der Waals surface area contributed by atoms with E-state index in [9.17, 15) is 9.59 Å². The second-order valence-electron chi connectivity index (χ2n) is 3.61. The van der Waals surface area contributed by atoms with Crippen molar-refractivity contribution in [1.29, 1.82) is 0 Å². The molecule has 86 valence electrons. The number of nitrogens with zero attached hydrogens (tertiary/aromatic N) is 1. The lowest BCUT2D eigenvalue weighted by Gasteiger charge is -2.11. The molecule has 0 bridgehead atoms. The first-order valence-corrected chi connectivity index (χ1v) is 5.53. The third-order valence-electron chi connectivity index (χ3n) is 2.04. The molecule has 0 aromatic heterocycles. The predicted molar refractivity (Wildman–Crippen MR) is 64.6 cm³/mol. The van der Waals surface area contributed by atoms with Gasteiger partial charge in [-0.25, -0.2) is 0 Å². The van der Waals surface area contributed by atoms with Crippen LogP contribution in [0.15, 0.2) is 23.1 Å². The Morgan fingerprint density at radius 1 is 1.31 bits per heavy atom. The highest BCUT2D eigenvalue weighted by atomic mass is 32.2. The monoisotopic (exact) mass is 238 g/mol. The first-order valence-electron chi connectivity index (χ1n) is 4.71. The number of carbonyl (C=O) groups excluding carboxylic acids is 2. The first-order chi connectivity index (χ1) is 7.41. The lowest BCUT2D eigenvalue weighted by Crippen LogP contribution is -2.16. The number of amides is 2. The van der Waals surface area contributed by atoms with Gasteiger partial charge in [-0.3, -0.25) is 9.59 Å². The summed E-state index contributed by atoms with van der Waals surface area (Å²) < 4.78 is 0. The molecule has 0 spiro atoms. The second-order valence-corrected chi connectivity index (χ2v) is 4.60. The van der Waals surface area contributed by atoms with Crippen molar-refractivity contribution in [1.82, 2.24) is 4.90 Å². The van der Waals surface area contributed by atoms with E-state index in [1.807, 2.05) is 6.92 Å². The number of hydrogen-bond donors (Lipinski definition) is 1. The first kappa shape index (κ1) is 12.6. The van der Waals surface area contributed by atoms with Crippen LogP contribution < -0.4 is 5.73 Å². The molecule has 0 aliphatic heterocycles. The molecule has 0 aliphatic carbocycles. The molecule has 2 N–H and O–H groups in total. The minimum absolute atomic E-state index is 0.0790. The fraction of sp³-hybridized carbons (Fsp3) is 0.273. The van der Waals surface area contributed by atoms with Crippen LogP contribution in [0.4, 0.5) is 4.79 Å². The van der Waals surface area contributed by atoms with Gasteiger partial charge in [-0.2, -0.15) is 0 Å². The van der Waals surface area contributed by atoms with Crippen molar-refractivity contribution in [3.8, 4) is 0 Å².